The van der Waals surface area contributed by atoms with Crippen molar-refractivity contribution in [2.75, 3.05) is 0 Å². The van der Waals surface area contributed by atoms with Crippen LogP contribution in [-0.2, 0) is 28.5 Å². The van der Waals surface area contributed by atoms with Gasteiger partial charge in [0.2, 0.25) is 0 Å². The average molecular weight is 604 g/mol. The quantitative estimate of drug-likeness (QED) is 0.107. The maximum absolute atomic E-state index is 11.6. The third-order valence-corrected chi connectivity index (χ3v) is 10.6. The van der Waals surface area contributed by atoms with Crippen molar-refractivity contribution in [1.29, 1.82) is 0 Å². The van der Waals surface area contributed by atoms with E-state index >= 15 is 0 Å². The zero-order valence-electron chi connectivity index (χ0n) is 24.0. The first kappa shape index (κ1) is 40.0. The summed E-state index contributed by atoms with van der Waals surface area (Å²) in [5, 5.41) is 23.2. The molecule has 5 saturated carbocycles. The van der Waals surface area contributed by atoms with Gasteiger partial charge in [-0.1, -0.05) is 6.42 Å². The maximum atomic E-state index is 11.6. The summed E-state index contributed by atoms with van der Waals surface area (Å²) >= 11 is 0. The van der Waals surface area contributed by atoms with E-state index in [1.54, 1.807) is 0 Å². The Morgan fingerprint density at radius 2 is 1.41 bits per heavy atom. The van der Waals surface area contributed by atoms with Crippen LogP contribution in [0, 0.1) is 35.0 Å². The van der Waals surface area contributed by atoms with Gasteiger partial charge in [-0.25, -0.2) is 9.78 Å². The second-order valence-electron chi connectivity index (χ2n) is 12.0. The first-order chi connectivity index (χ1) is 16.4. The van der Waals surface area contributed by atoms with E-state index in [-0.39, 0.29) is 149 Å². The Morgan fingerprint density at radius 1 is 0.872 bits per heavy atom. The number of carboxylic acids is 2. The minimum atomic E-state index is -5.15. The van der Waals surface area contributed by atoms with Gasteiger partial charge >= 0.3 is 118 Å². The molecule has 5 aliphatic carbocycles. The predicted molar refractivity (Wildman–Crippen MR) is 111 cm³/mol. The fraction of sp³-hybridized carbons (Fsp3) is 0.917. The summed E-state index contributed by atoms with van der Waals surface area (Å²) in [7, 11) is -5.15. The molecule has 39 heavy (non-hydrogen) atoms. The minimum absolute atomic E-state index is 0. The molecule has 0 N–H and O–H groups in total. The third-order valence-electron chi connectivity index (χ3n) is 10.0. The fourth-order valence-electron chi connectivity index (χ4n) is 8.62. The van der Waals surface area contributed by atoms with Gasteiger partial charge in [-0.2, -0.15) is 0 Å². The molecule has 6 aliphatic rings. The number of carbonyl (C=O) groups excluding carboxylic acids is 2. The van der Waals surface area contributed by atoms with Gasteiger partial charge in [0, 0.05) is 5.41 Å². The van der Waals surface area contributed by atoms with Crippen LogP contribution in [0.5, 0.6) is 0 Å². The molecule has 6 fully saturated rings. The number of carbonyl (C=O) groups is 2. The van der Waals surface area contributed by atoms with Gasteiger partial charge in [-0.15, -0.1) is 0 Å². The van der Waals surface area contributed by atoms with Crippen LogP contribution in [0.1, 0.15) is 84.0 Å². The summed E-state index contributed by atoms with van der Waals surface area (Å²) in [4.78, 5) is 57.9. The standard InChI is InChI=1S/C24H37O10P.4Na/c1-22(20(25)26,21(27)28)6-3-7-23(16-4-2-5-19(13-16)32-35(29,30)31)24(34-33-23)17-9-14-8-15(11-17)12-18(24)10-14;;;;/h14-19H,2-13H2,1H3,(H,25,26)(H,27,28)(H2,29,30,31);;;;/q;4*+1/p-4. The molecule has 6 rings (SSSR count). The van der Waals surface area contributed by atoms with E-state index < -0.39 is 42.5 Å². The average Bonchev–Trinajstić information content (AvgIpc) is 2.74. The molecular formula is C24H33Na4O10P. The Labute approximate surface area is 318 Å². The Kier molecular flexibility index (Phi) is 15.4. The monoisotopic (exact) mass is 604 g/mol. The molecule has 1 heterocycles. The third kappa shape index (κ3) is 7.36. The van der Waals surface area contributed by atoms with Crippen LogP contribution in [0.3, 0.4) is 0 Å². The van der Waals surface area contributed by atoms with Crippen molar-refractivity contribution in [3.8, 4) is 0 Å². The Hall–Kier alpha value is 2.97. The number of aliphatic carboxylic acids is 2. The van der Waals surface area contributed by atoms with Gasteiger partial charge < -0.3 is 38.7 Å². The molecule has 0 aromatic carbocycles. The number of hydrogen-bond acceptors (Lipinski definition) is 10. The molecule has 0 aromatic rings. The van der Waals surface area contributed by atoms with Gasteiger partial charge in [0.05, 0.1) is 25.9 Å². The summed E-state index contributed by atoms with van der Waals surface area (Å²) in [5.74, 6) is -1.63. The van der Waals surface area contributed by atoms with Crippen molar-refractivity contribution < 1.29 is 167 Å². The van der Waals surface area contributed by atoms with Gasteiger partial charge in [0.1, 0.15) is 11.2 Å². The van der Waals surface area contributed by atoms with Crippen molar-refractivity contribution in [3.05, 3.63) is 0 Å². The molecule has 10 nitrogen and oxygen atoms in total. The van der Waals surface area contributed by atoms with E-state index in [0.29, 0.717) is 37.5 Å². The summed E-state index contributed by atoms with van der Waals surface area (Å²) in [6, 6.07) is 0. The molecule has 15 heteroatoms. The SMILES string of the molecule is CC(CCCC1(C2CCCC(OP(=O)([O-])[O-])C2)OOC12C1CC3CC(C1)CC2C3)(C(=O)[O-])C(=O)[O-].[Na+].[Na+].[Na+].[Na+]. The number of phosphoric ester groups is 1. The molecule has 198 valence electrons. The molecule has 3 unspecified atom stereocenters. The van der Waals surface area contributed by atoms with Crippen molar-refractivity contribution >= 4 is 19.8 Å². The molecular weight excluding hydrogens is 571 g/mol. The summed E-state index contributed by atoms with van der Waals surface area (Å²) < 4.78 is 16.2. The summed E-state index contributed by atoms with van der Waals surface area (Å²) in [6.07, 6.45) is 7.27. The second-order valence-corrected chi connectivity index (χ2v) is 13.1. The topological polar surface area (TPSA) is 171 Å². The normalized spacial score (nSPS) is 38.3. The summed E-state index contributed by atoms with van der Waals surface area (Å²) in [6.45, 7) is 1.10. The van der Waals surface area contributed by atoms with Crippen molar-refractivity contribution in [2.24, 2.45) is 35.0 Å². The molecule has 1 aliphatic heterocycles. The Balaban J connectivity index is 0.00000190. The zero-order chi connectivity index (χ0) is 25.2. The Morgan fingerprint density at radius 3 is 1.85 bits per heavy atom. The van der Waals surface area contributed by atoms with Crippen molar-refractivity contribution in [2.45, 2.75) is 101 Å². The van der Waals surface area contributed by atoms with Crippen LogP contribution in [0.25, 0.3) is 0 Å². The van der Waals surface area contributed by atoms with E-state index in [0.717, 1.165) is 39.0 Å². The minimum Gasteiger partial charge on any atom is -0.790 e. The van der Waals surface area contributed by atoms with Crippen molar-refractivity contribution in [3.63, 3.8) is 0 Å². The second kappa shape index (κ2) is 15.0. The van der Waals surface area contributed by atoms with Crippen LogP contribution in [0.2, 0.25) is 0 Å². The molecule has 3 atom stereocenters. The van der Waals surface area contributed by atoms with E-state index in [9.17, 15) is 34.2 Å². The Bertz CT molecular complexity index is 891. The number of phosphoric acid groups is 1. The fourth-order valence-corrected chi connectivity index (χ4v) is 9.18. The summed E-state index contributed by atoms with van der Waals surface area (Å²) in [5.41, 5.74) is -3.50. The van der Waals surface area contributed by atoms with Crippen LogP contribution in [-0.4, -0.2) is 29.2 Å². The van der Waals surface area contributed by atoms with E-state index in [1.165, 1.54) is 6.42 Å². The van der Waals surface area contributed by atoms with E-state index in [4.69, 9.17) is 14.3 Å². The van der Waals surface area contributed by atoms with Crippen LogP contribution in [0.15, 0.2) is 0 Å². The first-order valence-corrected chi connectivity index (χ1v) is 14.4. The largest absolute Gasteiger partial charge is 1.00 e. The van der Waals surface area contributed by atoms with Crippen LogP contribution in [0.4, 0.5) is 0 Å². The molecule has 1 spiro atoms. The molecule has 0 aromatic heterocycles. The van der Waals surface area contributed by atoms with Crippen LogP contribution >= 0.6 is 7.82 Å². The number of carboxylic acid groups (broad SMARTS) is 2. The molecule has 0 amide bonds. The maximum Gasteiger partial charge on any atom is 1.00 e. The van der Waals surface area contributed by atoms with Gasteiger partial charge in [0.15, 0.2) is 0 Å². The first-order valence-electron chi connectivity index (χ1n) is 12.9. The number of rotatable bonds is 9. The predicted octanol–water partition coefficient (Wildman–Crippen LogP) is -12.0. The number of hydrogen-bond donors (Lipinski definition) is 0. The zero-order valence-corrected chi connectivity index (χ0v) is 32.9. The molecule has 1 saturated heterocycles. The molecule has 4 bridgehead atoms. The van der Waals surface area contributed by atoms with Gasteiger partial charge in [-0.05, 0) is 107 Å². The van der Waals surface area contributed by atoms with E-state index in [1.807, 2.05) is 0 Å². The molecule has 0 radical (unpaired) electrons. The smallest absolute Gasteiger partial charge is 0.790 e. The van der Waals surface area contributed by atoms with Gasteiger partial charge in [-0.3, -0.25) is 0 Å². The van der Waals surface area contributed by atoms with E-state index in [2.05, 4.69) is 0 Å². The van der Waals surface area contributed by atoms with Crippen molar-refractivity contribution in [1.82, 2.24) is 0 Å². The van der Waals surface area contributed by atoms with Crippen LogP contribution < -0.4 is 138 Å². The van der Waals surface area contributed by atoms with Gasteiger partial charge in [0.25, 0.3) is 0 Å².